The van der Waals surface area contributed by atoms with Crippen LogP contribution in [-0.4, -0.2) is 35.9 Å². The van der Waals surface area contributed by atoms with Crippen LogP contribution in [0.25, 0.3) is 0 Å². The highest BCUT2D eigenvalue weighted by atomic mass is 16.6. The van der Waals surface area contributed by atoms with E-state index in [1.54, 1.807) is 33.8 Å². The van der Waals surface area contributed by atoms with E-state index in [1.807, 2.05) is 0 Å². The molecule has 0 aromatic heterocycles. The van der Waals surface area contributed by atoms with Gasteiger partial charge < -0.3 is 25.2 Å². The van der Waals surface area contributed by atoms with E-state index in [1.165, 1.54) is 19.2 Å². The summed E-state index contributed by atoms with van der Waals surface area (Å²) < 4.78 is 10.2. The Morgan fingerprint density at radius 2 is 1.96 bits per heavy atom. The first-order valence-corrected chi connectivity index (χ1v) is 7.27. The number of phenols is 1. The van der Waals surface area contributed by atoms with E-state index in [0.29, 0.717) is 11.4 Å². The Kier molecular flexibility index (Phi) is 6.24. The third-order valence-electron chi connectivity index (χ3n) is 2.71. The lowest BCUT2D eigenvalue weighted by Gasteiger charge is -2.21. The van der Waals surface area contributed by atoms with Crippen molar-refractivity contribution >= 4 is 17.7 Å². The van der Waals surface area contributed by atoms with Crippen LogP contribution in [0.1, 0.15) is 34.1 Å². The summed E-state index contributed by atoms with van der Waals surface area (Å²) >= 11 is 0. The molecule has 0 spiro atoms. The van der Waals surface area contributed by atoms with Crippen molar-refractivity contribution < 1.29 is 24.2 Å². The second kappa shape index (κ2) is 7.71. The molecule has 2 amide bonds. The average molecular weight is 324 g/mol. The fourth-order valence-corrected chi connectivity index (χ4v) is 1.83. The fraction of sp³-hybridized carbons (Fsp3) is 0.500. The molecular formula is C16H24N2O5. The van der Waals surface area contributed by atoms with Crippen molar-refractivity contribution in [3.05, 3.63) is 18.2 Å². The SMILES string of the molecule is COc1ccc(O)cc1NC(=O)CC(C)NC(=O)OC(C)(C)C. The zero-order valence-corrected chi connectivity index (χ0v) is 14.1. The van der Waals surface area contributed by atoms with Gasteiger partial charge >= 0.3 is 6.09 Å². The number of rotatable bonds is 5. The molecule has 0 saturated heterocycles. The molecule has 7 nitrogen and oxygen atoms in total. The first-order chi connectivity index (χ1) is 10.6. The monoisotopic (exact) mass is 324 g/mol. The number of carbonyl (C=O) groups is 2. The van der Waals surface area contributed by atoms with Gasteiger partial charge in [0.05, 0.1) is 12.8 Å². The van der Waals surface area contributed by atoms with Crippen LogP contribution in [0.4, 0.5) is 10.5 Å². The first-order valence-electron chi connectivity index (χ1n) is 7.27. The molecule has 0 aliphatic carbocycles. The van der Waals surface area contributed by atoms with Gasteiger partial charge in [0.1, 0.15) is 17.1 Å². The molecule has 1 rings (SSSR count). The number of phenolic OH excluding ortho intramolecular Hbond substituents is 1. The first kappa shape index (κ1) is 18.6. The minimum atomic E-state index is -0.596. The number of hydrogen-bond acceptors (Lipinski definition) is 5. The van der Waals surface area contributed by atoms with Crippen molar-refractivity contribution in [2.24, 2.45) is 0 Å². The maximum atomic E-state index is 12.0. The van der Waals surface area contributed by atoms with Gasteiger partial charge in [0, 0.05) is 18.5 Å². The maximum Gasteiger partial charge on any atom is 0.407 e. The van der Waals surface area contributed by atoms with E-state index in [2.05, 4.69) is 10.6 Å². The largest absolute Gasteiger partial charge is 0.508 e. The van der Waals surface area contributed by atoms with Crippen molar-refractivity contribution in [3.8, 4) is 11.5 Å². The van der Waals surface area contributed by atoms with Gasteiger partial charge in [-0.05, 0) is 39.8 Å². The summed E-state index contributed by atoms with van der Waals surface area (Å²) in [5, 5.41) is 14.7. The molecule has 0 heterocycles. The number of ether oxygens (including phenoxy) is 2. The second-order valence-corrected chi connectivity index (χ2v) is 6.18. The number of hydrogen-bond donors (Lipinski definition) is 3. The molecular weight excluding hydrogens is 300 g/mol. The third-order valence-corrected chi connectivity index (χ3v) is 2.71. The zero-order chi connectivity index (χ0) is 17.6. The van der Waals surface area contributed by atoms with Gasteiger partial charge in [-0.2, -0.15) is 0 Å². The highest BCUT2D eigenvalue weighted by Crippen LogP contribution is 2.28. The molecule has 23 heavy (non-hydrogen) atoms. The smallest absolute Gasteiger partial charge is 0.407 e. The number of carbonyl (C=O) groups excluding carboxylic acids is 2. The van der Waals surface area contributed by atoms with Gasteiger partial charge in [-0.15, -0.1) is 0 Å². The van der Waals surface area contributed by atoms with Crippen molar-refractivity contribution in [3.63, 3.8) is 0 Å². The Balaban J connectivity index is 2.56. The molecule has 0 aliphatic heterocycles. The molecule has 1 aromatic rings. The van der Waals surface area contributed by atoms with Crippen molar-refractivity contribution in [1.82, 2.24) is 5.32 Å². The van der Waals surface area contributed by atoms with Crippen LogP contribution in [0.5, 0.6) is 11.5 Å². The molecule has 0 aliphatic rings. The summed E-state index contributed by atoms with van der Waals surface area (Å²) in [6, 6.07) is 3.99. The summed E-state index contributed by atoms with van der Waals surface area (Å²) in [6.07, 6.45) is -0.523. The topological polar surface area (TPSA) is 96.9 Å². The van der Waals surface area contributed by atoms with Crippen LogP contribution >= 0.6 is 0 Å². The zero-order valence-electron chi connectivity index (χ0n) is 14.1. The Bertz CT molecular complexity index is 566. The average Bonchev–Trinajstić information content (AvgIpc) is 2.35. The molecule has 0 bridgehead atoms. The molecule has 1 atom stereocenters. The fourth-order valence-electron chi connectivity index (χ4n) is 1.83. The molecule has 3 N–H and O–H groups in total. The number of amides is 2. The molecule has 7 heteroatoms. The van der Waals surface area contributed by atoms with Gasteiger partial charge in [0.2, 0.25) is 5.91 Å². The van der Waals surface area contributed by atoms with E-state index >= 15 is 0 Å². The predicted octanol–water partition coefficient (Wildman–Crippen LogP) is 2.64. The number of aromatic hydroxyl groups is 1. The Labute approximate surface area is 136 Å². The molecule has 0 radical (unpaired) electrons. The van der Waals surface area contributed by atoms with Crippen molar-refractivity contribution in [2.45, 2.75) is 45.8 Å². The highest BCUT2D eigenvalue weighted by Gasteiger charge is 2.19. The second-order valence-electron chi connectivity index (χ2n) is 6.18. The predicted molar refractivity (Wildman–Crippen MR) is 86.7 cm³/mol. The number of nitrogens with one attached hydrogen (secondary N) is 2. The summed E-state index contributed by atoms with van der Waals surface area (Å²) in [6.45, 7) is 6.98. The Morgan fingerprint density at radius 3 is 2.52 bits per heavy atom. The van der Waals surface area contributed by atoms with Crippen LogP contribution in [0.3, 0.4) is 0 Å². The molecule has 128 valence electrons. The lowest BCUT2D eigenvalue weighted by Crippen LogP contribution is -2.39. The van der Waals surface area contributed by atoms with Crippen molar-refractivity contribution in [1.29, 1.82) is 0 Å². The minimum Gasteiger partial charge on any atom is -0.508 e. The molecule has 0 saturated carbocycles. The van der Waals surface area contributed by atoms with Crippen LogP contribution in [0, 0.1) is 0 Å². The van der Waals surface area contributed by atoms with Crippen molar-refractivity contribution in [2.75, 3.05) is 12.4 Å². The number of methoxy groups -OCH3 is 1. The minimum absolute atomic E-state index is 0.0148. The molecule has 0 fully saturated rings. The van der Waals surface area contributed by atoms with Crippen LogP contribution in [0.2, 0.25) is 0 Å². The lowest BCUT2D eigenvalue weighted by molar-refractivity contribution is -0.116. The summed E-state index contributed by atoms with van der Waals surface area (Å²) in [4.78, 5) is 23.7. The van der Waals surface area contributed by atoms with E-state index < -0.39 is 17.7 Å². The Hall–Kier alpha value is -2.44. The standard InChI is InChI=1S/C16H24N2O5/c1-10(17-15(21)23-16(2,3)4)8-14(20)18-12-9-11(19)6-7-13(12)22-5/h6-7,9-10,19H,8H2,1-5H3,(H,17,21)(H,18,20). The van der Waals surface area contributed by atoms with Crippen LogP contribution in [-0.2, 0) is 9.53 Å². The quantitative estimate of drug-likeness (QED) is 0.773. The molecule has 1 aromatic carbocycles. The number of alkyl carbamates (subject to hydrolysis) is 1. The van der Waals surface area contributed by atoms with Crippen LogP contribution < -0.4 is 15.4 Å². The van der Waals surface area contributed by atoms with E-state index in [9.17, 15) is 14.7 Å². The maximum absolute atomic E-state index is 12.0. The normalized spacial score (nSPS) is 12.2. The van der Waals surface area contributed by atoms with Gasteiger partial charge in [0.25, 0.3) is 0 Å². The third kappa shape index (κ3) is 6.90. The van der Waals surface area contributed by atoms with Gasteiger partial charge in [-0.3, -0.25) is 4.79 Å². The summed E-state index contributed by atoms with van der Waals surface area (Å²) in [5.74, 6) is 0.127. The van der Waals surface area contributed by atoms with Crippen LogP contribution in [0.15, 0.2) is 18.2 Å². The Morgan fingerprint density at radius 1 is 1.30 bits per heavy atom. The van der Waals surface area contributed by atoms with E-state index in [4.69, 9.17) is 9.47 Å². The van der Waals surface area contributed by atoms with Gasteiger partial charge in [0.15, 0.2) is 0 Å². The van der Waals surface area contributed by atoms with Gasteiger partial charge in [-0.25, -0.2) is 4.79 Å². The number of benzene rings is 1. The number of anilines is 1. The highest BCUT2D eigenvalue weighted by molar-refractivity contribution is 5.93. The van der Waals surface area contributed by atoms with E-state index in [-0.39, 0.29) is 18.1 Å². The van der Waals surface area contributed by atoms with Gasteiger partial charge in [-0.1, -0.05) is 0 Å². The summed E-state index contributed by atoms with van der Waals surface area (Å²) in [7, 11) is 1.47. The van der Waals surface area contributed by atoms with E-state index in [0.717, 1.165) is 0 Å². The molecule has 1 unspecified atom stereocenters. The lowest BCUT2D eigenvalue weighted by atomic mass is 10.2. The summed E-state index contributed by atoms with van der Waals surface area (Å²) in [5.41, 5.74) is -0.233.